The van der Waals surface area contributed by atoms with Crippen molar-refractivity contribution in [1.82, 2.24) is 5.01 Å². The van der Waals surface area contributed by atoms with Crippen LogP contribution in [0, 0.1) is 0 Å². The quantitative estimate of drug-likeness (QED) is 0.355. The van der Waals surface area contributed by atoms with Crippen LogP contribution in [0.15, 0.2) is 44.0 Å². The molecule has 1 rings (SSSR count). The van der Waals surface area contributed by atoms with Gasteiger partial charge in [0.25, 0.3) is 10.0 Å². The van der Waals surface area contributed by atoms with Crippen molar-refractivity contribution < 1.29 is 8.42 Å². The van der Waals surface area contributed by atoms with Gasteiger partial charge in [-0.05, 0) is 17.7 Å². The predicted molar refractivity (Wildman–Crippen MR) is 61.0 cm³/mol. The molecule has 0 atom stereocenters. The summed E-state index contributed by atoms with van der Waals surface area (Å²) in [7, 11) is -0.759. The minimum absolute atomic E-state index is 0.119. The van der Waals surface area contributed by atoms with Crippen LogP contribution in [-0.4, -0.2) is 27.5 Å². The highest BCUT2D eigenvalue weighted by atomic mass is 32.2. The van der Waals surface area contributed by atoms with Gasteiger partial charge in [0.2, 0.25) is 0 Å². The fourth-order valence-electron chi connectivity index (χ4n) is 0.988. The molecule has 0 heterocycles. The van der Waals surface area contributed by atoms with E-state index >= 15 is 0 Å². The van der Waals surface area contributed by atoms with Gasteiger partial charge in [-0.25, -0.2) is 8.42 Å². The Hall–Kier alpha value is -2.12. The van der Waals surface area contributed by atoms with Gasteiger partial charge in [-0.3, -0.25) is 5.01 Å². The summed E-state index contributed by atoms with van der Waals surface area (Å²) in [5, 5.41) is 8.84. The minimum Gasteiger partial charge on any atom is -0.285 e. The molecule has 9 heteroatoms. The van der Waals surface area contributed by atoms with Gasteiger partial charge in [-0.15, -0.1) is 5.11 Å². The third-order valence-electron chi connectivity index (χ3n) is 1.62. The van der Waals surface area contributed by atoms with Crippen molar-refractivity contribution in [2.24, 2.45) is 14.9 Å². The number of sulfonamides is 1. The Kier molecular flexibility index (Phi) is 4.02. The van der Waals surface area contributed by atoms with Crippen LogP contribution in [-0.2, 0) is 10.0 Å². The number of benzene rings is 1. The second-order valence-corrected chi connectivity index (χ2v) is 4.70. The number of nitrogens with zero attached hydrogens (tertiary/aromatic N) is 6. The molecule has 0 saturated carbocycles. The predicted octanol–water partition coefficient (Wildman–Crippen LogP) is 2.25. The van der Waals surface area contributed by atoms with Crippen LogP contribution in [0.25, 0.3) is 10.4 Å². The highest BCUT2D eigenvalue weighted by molar-refractivity contribution is 7.90. The molecule has 0 unspecified atom stereocenters. The highest BCUT2D eigenvalue weighted by Gasteiger charge is 2.16. The topological polar surface area (TPSA) is 111 Å². The lowest BCUT2D eigenvalue weighted by Gasteiger charge is -2.03. The van der Waals surface area contributed by atoms with Gasteiger partial charge in [-0.1, -0.05) is 17.4 Å². The molecule has 0 bridgehead atoms. The summed E-state index contributed by atoms with van der Waals surface area (Å²) in [5.74, 6) is 0. The Labute approximate surface area is 98.2 Å². The molecular formula is C8H10N6O2S. The van der Waals surface area contributed by atoms with Crippen molar-refractivity contribution in [3.63, 3.8) is 0 Å². The van der Waals surface area contributed by atoms with Crippen LogP contribution in [0.3, 0.4) is 0 Å². The maximum Gasteiger partial charge on any atom is 0.266 e. The van der Waals surface area contributed by atoms with Crippen molar-refractivity contribution in [1.29, 1.82) is 0 Å². The summed E-state index contributed by atoms with van der Waals surface area (Å²) in [6.07, 6.45) is 0. The van der Waals surface area contributed by atoms with Crippen LogP contribution in [0.2, 0.25) is 0 Å². The first kappa shape index (κ1) is 12.9. The Bertz CT molecular complexity index is 573. The molecule has 0 aliphatic carbocycles. The zero-order valence-corrected chi connectivity index (χ0v) is 10.0. The van der Waals surface area contributed by atoms with Crippen molar-refractivity contribution in [3.05, 3.63) is 34.7 Å². The van der Waals surface area contributed by atoms with Crippen LogP contribution in [0.4, 0.5) is 5.69 Å². The van der Waals surface area contributed by atoms with Crippen molar-refractivity contribution in [2.75, 3.05) is 14.1 Å². The summed E-state index contributed by atoms with van der Waals surface area (Å²) < 4.78 is 25.9. The maximum absolute atomic E-state index is 11.6. The van der Waals surface area contributed by atoms with Crippen LogP contribution in [0.5, 0.6) is 0 Å². The molecule has 17 heavy (non-hydrogen) atoms. The smallest absolute Gasteiger partial charge is 0.266 e. The van der Waals surface area contributed by atoms with Gasteiger partial charge in [0.15, 0.2) is 0 Å². The molecule has 0 saturated heterocycles. The summed E-state index contributed by atoms with van der Waals surface area (Å²) in [6.45, 7) is 0. The molecule has 1 aromatic carbocycles. The largest absolute Gasteiger partial charge is 0.285 e. The molecule has 0 aliphatic heterocycles. The average Bonchev–Trinajstić information content (AvgIpc) is 2.26. The van der Waals surface area contributed by atoms with Gasteiger partial charge in [0.05, 0.1) is 0 Å². The van der Waals surface area contributed by atoms with Crippen molar-refractivity contribution >= 4 is 15.7 Å². The normalized spacial score (nSPS) is 11.2. The van der Waals surface area contributed by atoms with Crippen molar-refractivity contribution in [2.45, 2.75) is 4.90 Å². The van der Waals surface area contributed by atoms with E-state index in [0.29, 0.717) is 0 Å². The second kappa shape index (κ2) is 5.28. The molecule has 0 amide bonds. The first-order chi connectivity index (χ1) is 7.97. The fourth-order valence-corrected chi connectivity index (χ4v) is 1.80. The van der Waals surface area contributed by atoms with E-state index in [4.69, 9.17) is 5.53 Å². The van der Waals surface area contributed by atoms with Gasteiger partial charge >= 0.3 is 0 Å². The van der Waals surface area contributed by atoms with Gasteiger partial charge in [-0.2, -0.15) is 0 Å². The molecule has 1 aromatic rings. The van der Waals surface area contributed by atoms with Gasteiger partial charge < -0.3 is 0 Å². The zero-order chi connectivity index (χ0) is 12.9. The van der Waals surface area contributed by atoms with E-state index < -0.39 is 10.0 Å². The monoisotopic (exact) mass is 254 g/mol. The van der Waals surface area contributed by atoms with E-state index in [-0.39, 0.29) is 10.6 Å². The third kappa shape index (κ3) is 3.44. The van der Waals surface area contributed by atoms with E-state index in [0.717, 1.165) is 0 Å². The van der Waals surface area contributed by atoms with E-state index in [1.165, 1.54) is 23.2 Å². The Morgan fingerprint density at radius 3 is 2.53 bits per heavy atom. The Morgan fingerprint density at radius 1 is 1.29 bits per heavy atom. The summed E-state index contributed by atoms with van der Waals surface area (Å²) >= 11 is 0. The standard InChI is InChI=1S/C8H10N6O2S/c1-14(2)12-10-7-5-3-4-6-8(7)17(15,16)13-11-9/h3-6H,1-2H3. The molecule has 0 spiro atoms. The van der Waals surface area contributed by atoms with E-state index in [2.05, 4.69) is 19.8 Å². The number of hydrogen-bond donors (Lipinski definition) is 0. The zero-order valence-electron chi connectivity index (χ0n) is 9.22. The van der Waals surface area contributed by atoms with Gasteiger partial charge in [0, 0.05) is 23.5 Å². The summed E-state index contributed by atoms with van der Waals surface area (Å²) in [6, 6.07) is 5.88. The van der Waals surface area contributed by atoms with E-state index in [1.807, 2.05) is 0 Å². The van der Waals surface area contributed by atoms with E-state index in [1.54, 1.807) is 20.2 Å². The molecular weight excluding hydrogens is 244 g/mol. The second-order valence-electron chi connectivity index (χ2n) is 3.15. The molecule has 0 N–H and O–H groups in total. The maximum atomic E-state index is 11.6. The summed E-state index contributed by atoms with van der Waals surface area (Å²) in [4.78, 5) is 2.10. The molecule has 0 aliphatic rings. The van der Waals surface area contributed by atoms with Crippen LogP contribution >= 0.6 is 0 Å². The number of azide groups is 1. The highest BCUT2D eigenvalue weighted by Crippen LogP contribution is 2.25. The Balaban J connectivity index is 3.31. The van der Waals surface area contributed by atoms with Crippen LogP contribution in [0.1, 0.15) is 0 Å². The molecule has 8 nitrogen and oxygen atoms in total. The van der Waals surface area contributed by atoms with E-state index in [9.17, 15) is 8.42 Å². The van der Waals surface area contributed by atoms with Crippen molar-refractivity contribution in [3.8, 4) is 0 Å². The first-order valence-corrected chi connectivity index (χ1v) is 5.91. The Morgan fingerprint density at radius 2 is 1.94 bits per heavy atom. The SMILES string of the molecule is CN(C)N=Nc1ccccc1S(=O)(=O)N=[N+]=[N-]. The molecule has 90 valence electrons. The number of hydrogen-bond acceptors (Lipinski definition) is 4. The summed E-state index contributed by atoms with van der Waals surface area (Å²) in [5.41, 5.74) is 8.31. The van der Waals surface area contributed by atoms with Crippen LogP contribution < -0.4 is 0 Å². The lowest BCUT2D eigenvalue weighted by Crippen LogP contribution is -2.00. The molecule has 0 fully saturated rings. The minimum atomic E-state index is -4.05. The van der Waals surface area contributed by atoms with Gasteiger partial charge in [0.1, 0.15) is 10.6 Å². The first-order valence-electron chi connectivity index (χ1n) is 4.47. The average molecular weight is 254 g/mol. The third-order valence-corrected chi connectivity index (χ3v) is 2.81. The lowest BCUT2D eigenvalue weighted by atomic mass is 10.3. The number of rotatable bonds is 4. The lowest BCUT2D eigenvalue weighted by molar-refractivity contribution is 0.408. The molecule has 0 aromatic heterocycles. The molecule has 0 radical (unpaired) electrons. The fraction of sp³-hybridized carbons (Fsp3) is 0.250.